The van der Waals surface area contributed by atoms with Gasteiger partial charge in [0.25, 0.3) is 0 Å². The number of unbranched alkanes of at least 4 members (excludes halogenated alkanes) is 35. The zero-order valence-corrected chi connectivity index (χ0v) is 38.8. The fourth-order valence-corrected chi connectivity index (χ4v) is 8.26. The van der Waals surface area contributed by atoms with Crippen molar-refractivity contribution in [2.24, 2.45) is 0 Å². The number of aliphatic hydroxyl groups is 2. The van der Waals surface area contributed by atoms with Crippen molar-refractivity contribution >= 4 is 11.9 Å². The molecule has 1 amide bonds. The van der Waals surface area contributed by atoms with Gasteiger partial charge in [0.05, 0.1) is 25.2 Å². The van der Waals surface area contributed by atoms with Crippen molar-refractivity contribution in [2.75, 3.05) is 6.61 Å². The van der Waals surface area contributed by atoms with E-state index < -0.39 is 18.2 Å². The normalized spacial score (nSPS) is 13.1. The zero-order chi connectivity index (χ0) is 41.7. The predicted molar refractivity (Wildman–Crippen MR) is 246 cm³/mol. The number of esters is 1. The van der Waals surface area contributed by atoms with Gasteiger partial charge in [0.15, 0.2) is 0 Å². The van der Waals surface area contributed by atoms with Crippen LogP contribution in [0.25, 0.3) is 0 Å². The van der Waals surface area contributed by atoms with E-state index in [0.717, 1.165) is 44.9 Å². The van der Waals surface area contributed by atoms with Crippen LogP contribution in [-0.2, 0) is 14.3 Å². The van der Waals surface area contributed by atoms with Gasteiger partial charge in [0, 0.05) is 6.42 Å². The van der Waals surface area contributed by atoms with Gasteiger partial charge in [-0.15, -0.1) is 0 Å². The Kier molecular flexibility index (Phi) is 45.0. The van der Waals surface area contributed by atoms with E-state index in [-0.39, 0.29) is 24.9 Å². The minimum atomic E-state index is -0.778. The third kappa shape index (κ3) is 41.4. The van der Waals surface area contributed by atoms with Gasteiger partial charge in [0.1, 0.15) is 6.10 Å². The molecule has 0 aromatic heterocycles. The van der Waals surface area contributed by atoms with E-state index >= 15 is 0 Å². The van der Waals surface area contributed by atoms with E-state index in [1.165, 1.54) is 199 Å². The summed E-state index contributed by atoms with van der Waals surface area (Å²) in [4.78, 5) is 26.1. The SMILES string of the molecule is CCCCCCCCCCCCCCCCC(CC(=O)NC(CO)C(O)CCCCCCCCCCCCCC)OC(=O)CCCCCCCCCCCCCC. The molecule has 3 N–H and O–H groups in total. The average Bonchev–Trinajstić information content (AvgIpc) is 3.20. The highest BCUT2D eigenvalue weighted by Gasteiger charge is 2.24. The van der Waals surface area contributed by atoms with Gasteiger partial charge in [-0.3, -0.25) is 9.59 Å². The number of ether oxygens (including phenoxy) is 1. The highest BCUT2D eigenvalue weighted by Crippen LogP contribution is 2.19. The molecule has 0 aliphatic carbocycles. The molecule has 0 rings (SSSR count). The smallest absolute Gasteiger partial charge is 0.306 e. The Balaban J connectivity index is 4.52. The first-order valence-electron chi connectivity index (χ1n) is 25.8. The maximum absolute atomic E-state index is 13.2. The van der Waals surface area contributed by atoms with Crippen LogP contribution in [0.2, 0.25) is 0 Å². The summed E-state index contributed by atoms with van der Waals surface area (Å²) >= 11 is 0. The lowest BCUT2D eigenvalue weighted by atomic mass is 10.0. The minimum Gasteiger partial charge on any atom is -0.462 e. The van der Waals surface area contributed by atoms with Gasteiger partial charge >= 0.3 is 5.97 Å². The number of hydrogen-bond acceptors (Lipinski definition) is 5. The van der Waals surface area contributed by atoms with E-state index in [9.17, 15) is 19.8 Å². The maximum Gasteiger partial charge on any atom is 0.306 e. The Morgan fingerprint density at radius 3 is 1.07 bits per heavy atom. The Labute approximate surface area is 356 Å². The van der Waals surface area contributed by atoms with Crippen molar-refractivity contribution < 1.29 is 24.5 Å². The van der Waals surface area contributed by atoms with Crippen molar-refractivity contribution in [1.29, 1.82) is 0 Å². The van der Waals surface area contributed by atoms with Gasteiger partial charge in [-0.05, 0) is 25.7 Å². The van der Waals surface area contributed by atoms with E-state index in [0.29, 0.717) is 19.3 Å². The highest BCUT2D eigenvalue weighted by molar-refractivity contribution is 5.77. The van der Waals surface area contributed by atoms with E-state index in [1.807, 2.05) is 0 Å². The first kappa shape index (κ1) is 55.9. The quantitative estimate of drug-likeness (QED) is 0.0420. The Bertz CT molecular complexity index is 821. The molecule has 0 aromatic rings. The van der Waals surface area contributed by atoms with Crippen molar-refractivity contribution in [2.45, 2.75) is 309 Å². The van der Waals surface area contributed by atoms with E-state index in [4.69, 9.17) is 4.74 Å². The summed E-state index contributed by atoms with van der Waals surface area (Å²) in [7, 11) is 0. The third-order valence-corrected chi connectivity index (χ3v) is 12.2. The van der Waals surface area contributed by atoms with Crippen LogP contribution >= 0.6 is 0 Å². The predicted octanol–water partition coefficient (Wildman–Crippen LogP) is 15.2. The van der Waals surface area contributed by atoms with Crippen molar-refractivity contribution in [3.63, 3.8) is 0 Å². The van der Waals surface area contributed by atoms with Crippen molar-refractivity contribution in [3.05, 3.63) is 0 Å². The molecule has 3 unspecified atom stereocenters. The molecule has 0 fully saturated rings. The summed E-state index contributed by atoms with van der Waals surface area (Å²) in [6.07, 6.45) is 48.7. The van der Waals surface area contributed by atoms with Crippen molar-refractivity contribution in [3.8, 4) is 0 Å². The van der Waals surface area contributed by atoms with Gasteiger partial charge in [-0.1, -0.05) is 252 Å². The van der Waals surface area contributed by atoms with E-state index in [1.54, 1.807) is 0 Å². The summed E-state index contributed by atoms with van der Waals surface area (Å²) in [5, 5.41) is 23.7. The average molecular weight is 808 g/mol. The summed E-state index contributed by atoms with van der Waals surface area (Å²) < 4.78 is 5.93. The molecule has 6 heteroatoms. The van der Waals surface area contributed by atoms with E-state index in [2.05, 4.69) is 26.1 Å². The largest absolute Gasteiger partial charge is 0.462 e. The molecule has 3 atom stereocenters. The lowest BCUT2D eigenvalue weighted by Crippen LogP contribution is -2.46. The molecule has 0 saturated heterocycles. The number of aliphatic hydroxyl groups excluding tert-OH is 2. The van der Waals surface area contributed by atoms with Crippen LogP contribution in [0.4, 0.5) is 0 Å². The number of carbonyl (C=O) groups is 2. The molecule has 0 bridgehead atoms. The number of carbonyl (C=O) groups excluding carboxylic acids is 2. The molecule has 0 heterocycles. The molecular weight excluding hydrogens is 707 g/mol. The standard InChI is InChI=1S/C51H101NO5/c1-4-7-10-13-16-19-22-25-26-27-30-33-36-39-42-47(57-51(56)44-41-38-35-32-29-24-21-18-15-12-9-6-3)45-50(55)52-48(46-53)49(54)43-40-37-34-31-28-23-20-17-14-11-8-5-2/h47-49,53-54H,4-46H2,1-3H3,(H,52,55). The van der Waals surface area contributed by atoms with Gasteiger partial charge < -0.3 is 20.3 Å². The lowest BCUT2D eigenvalue weighted by molar-refractivity contribution is -0.151. The maximum atomic E-state index is 13.2. The zero-order valence-electron chi connectivity index (χ0n) is 38.8. The number of rotatable bonds is 47. The minimum absolute atomic E-state index is 0.0878. The summed E-state index contributed by atoms with van der Waals surface area (Å²) in [6, 6.07) is -0.691. The second kappa shape index (κ2) is 45.9. The van der Waals surface area contributed by atoms with Crippen molar-refractivity contribution in [1.82, 2.24) is 5.32 Å². The number of hydrogen-bond donors (Lipinski definition) is 3. The van der Waals surface area contributed by atoms with Gasteiger partial charge in [-0.25, -0.2) is 0 Å². The fraction of sp³-hybridized carbons (Fsp3) is 0.961. The monoisotopic (exact) mass is 808 g/mol. The second-order valence-corrected chi connectivity index (χ2v) is 17.9. The molecule has 0 aliphatic rings. The third-order valence-electron chi connectivity index (χ3n) is 12.2. The molecule has 0 aliphatic heterocycles. The number of nitrogens with one attached hydrogen (secondary N) is 1. The summed E-state index contributed by atoms with van der Waals surface area (Å²) in [5.74, 6) is -0.452. The first-order valence-corrected chi connectivity index (χ1v) is 25.8. The Morgan fingerprint density at radius 2 is 0.737 bits per heavy atom. The molecule has 6 nitrogen and oxygen atoms in total. The summed E-state index contributed by atoms with van der Waals surface area (Å²) in [6.45, 7) is 6.50. The summed E-state index contributed by atoms with van der Waals surface area (Å²) in [5.41, 5.74) is 0. The van der Waals surface area contributed by atoms with Crippen LogP contribution in [0.15, 0.2) is 0 Å². The topological polar surface area (TPSA) is 95.9 Å². The van der Waals surface area contributed by atoms with Gasteiger partial charge in [0.2, 0.25) is 5.91 Å². The lowest BCUT2D eigenvalue weighted by Gasteiger charge is -2.24. The molecule has 0 radical (unpaired) electrons. The van der Waals surface area contributed by atoms with Crippen LogP contribution in [0.1, 0.15) is 290 Å². The number of amides is 1. The van der Waals surface area contributed by atoms with Crippen LogP contribution < -0.4 is 5.32 Å². The highest BCUT2D eigenvalue weighted by atomic mass is 16.5. The fourth-order valence-electron chi connectivity index (χ4n) is 8.26. The Hall–Kier alpha value is -1.14. The molecular formula is C51H101NO5. The van der Waals surface area contributed by atoms with Crippen LogP contribution in [-0.4, -0.2) is 46.9 Å². The first-order chi connectivity index (χ1) is 28.0. The van der Waals surface area contributed by atoms with Crippen LogP contribution in [0.5, 0.6) is 0 Å². The molecule has 340 valence electrons. The molecule has 57 heavy (non-hydrogen) atoms. The molecule has 0 spiro atoms. The van der Waals surface area contributed by atoms with Crippen LogP contribution in [0.3, 0.4) is 0 Å². The molecule has 0 aromatic carbocycles. The molecule has 0 saturated carbocycles. The van der Waals surface area contributed by atoms with Gasteiger partial charge in [-0.2, -0.15) is 0 Å². The van der Waals surface area contributed by atoms with Crippen LogP contribution in [0, 0.1) is 0 Å². The Morgan fingerprint density at radius 1 is 0.439 bits per heavy atom. The second-order valence-electron chi connectivity index (χ2n) is 17.9.